The van der Waals surface area contributed by atoms with Crippen molar-refractivity contribution in [2.24, 2.45) is 0 Å². The molecule has 0 atom stereocenters. The van der Waals surface area contributed by atoms with E-state index in [1.54, 1.807) is 12.1 Å². The molecular formula is C12H17NO5S. The zero-order chi connectivity index (χ0) is 14.5. The van der Waals surface area contributed by atoms with Gasteiger partial charge in [0.15, 0.2) is 0 Å². The third kappa shape index (κ3) is 4.30. The summed E-state index contributed by atoms with van der Waals surface area (Å²) in [6, 6.07) is 6.09. The largest absolute Gasteiger partial charge is 0.481 e. The van der Waals surface area contributed by atoms with Crippen LogP contribution in [0.2, 0.25) is 0 Å². The van der Waals surface area contributed by atoms with Crippen LogP contribution >= 0.6 is 0 Å². The summed E-state index contributed by atoms with van der Waals surface area (Å²) in [4.78, 5) is 10.6. The van der Waals surface area contributed by atoms with Crippen LogP contribution in [0.4, 0.5) is 0 Å². The molecule has 0 radical (unpaired) electrons. The average Bonchev–Trinajstić information content (AvgIpc) is 2.37. The van der Waals surface area contributed by atoms with Crippen molar-refractivity contribution < 1.29 is 23.4 Å². The summed E-state index contributed by atoms with van der Waals surface area (Å²) in [5.41, 5.74) is 0.770. The number of nitrogens with zero attached hydrogens (tertiary/aromatic N) is 1. The molecule has 0 spiro atoms. The maximum atomic E-state index is 12.0. The van der Waals surface area contributed by atoms with Crippen molar-refractivity contribution >= 4 is 16.0 Å². The summed E-state index contributed by atoms with van der Waals surface area (Å²) in [5, 5.41) is 17.3. The van der Waals surface area contributed by atoms with Crippen LogP contribution in [0.15, 0.2) is 29.2 Å². The highest BCUT2D eigenvalue weighted by Crippen LogP contribution is 2.15. The van der Waals surface area contributed by atoms with E-state index in [1.807, 2.05) is 0 Å². The first-order valence-electron chi connectivity index (χ1n) is 5.76. The fraction of sp³-hybridized carbons (Fsp3) is 0.417. The van der Waals surface area contributed by atoms with Crippen LogP contribution < -0.4 is 0 Å². The molecule has 0 heterocycles. The van der Waals surface area contributed by atoms with Crippen LogP contribution in [0.3, 0.4) is 0 Å². The Morgan fingerprint density at radius 3 is 2.32 bits per heavy atom. The quantitative estimate of drug-likeness (QED) is 0.753. The van der Waals surface area contributed by atoms with Gasteiger partial charge in [-0.15, -0.1) is 0 Å². The molecule has 0 aliphatic rings. The molecule has 7 heteroatoms. The van der Waals surface area contributed by atoms with E-state index in [0.717, 1.165) is 9.87 Å². The minimum absolute atomic E-state index is 0.0104. The molecule has 0 saturated heterocycles. The number of sulfonamides is 1. The van der Waals surface area contributed by atoms with E-state index in [-0.39, 0.29) is 24.5 Å². The zero-order valence-electron chi connectivity index (χ0n) is 10.6. The standard InChI is InChI=1S/C12H17NO5S/c1-13(8-9-14)19(17,18)11-5-2-10(3-6-11)4-7-12(15)16/h2-3,5-6,14H,4,7-9H2,1H3,(H,15,16). The SMILES string of the molecule is CN(CCO)S(=O)(=O)c1ccc(CCC(=O)O)cc1. The van der Waals surface area contributed by atoms with E-state index in [9.17, 15) is 13.2 Å². The molecule has 0 aromatic heterocycles. The molecule has 2 N–H and O–H groups in total. The fourth-order valence-corrected chi connectivity index (χ4v) is 2.68. The topological polar surface area (TPSA) is 94.9 Å². The number of likely N-dealkylation sites (N-methyl/N-ethyl adjacent to an activating group) is 1. The van der Waals surface area contributed by atoms with Gasteiger partial charge in [0.05, 0.1) is 11.5 Å². The Labute approximate surface area is 112 Å². The second-order valence-corrected chi connectivity index (χ2v) is 6.13. The van der Waals surface area contributed by atoms with Gasteiger partial charge >= 0.3 is 5.97 Å². The van der Waals surface area contributed by atoms with E-state index in [0.29, 0.717) is 6.42 Å². The third-order valence-corrected chi connectivity index (χ3v) is 4.55. The summed E-state index contributed by atoms with van der Waals surface area (Å²) in [6.45, 7) is -0.213. The van der Waals surface area contributed by atoms with Gasteiger partial charge < -0.3 is 10.2 Å². The van der Waals surface area contributed by atoms with Crippen molar-refractivity contribution in [3.63, 3.8) is 0 Å². The second-order valence-electron chi connectivity index (χ2n) is 4.09. The zero-order valence-corrected chi connectivity index (χ0v) is 11.4. The van der Waals surface area contributed by atoms with Crippen LogP contribution in [-0.4, -0.2) is 49.1 Å². The number of aliphatic hydroxyl groups excluding tert-OH is 1. The number of hydrogen-bond donors (Lipinski definition) is 2. The first-order valence-corrected chi connectivity index (χ1v) is 7.20. The maximum Gasteiger partial charge on any atom is 0.303 e. The van der Waals surface area contributed by atoms with Gasteiger partial charge in [-0.1, -0.05) is 12.1 Å². The molecule has 0 amide bonds. The molecule has 19 heavy (non-hydrogen) atoms. The van der Waals surface area contributed by atoms with Crippen LogP contribution in [-0.2, 0) is 21.2 Å². The van der Waals surface area contributed by atoms with E-state index < -0.39 is 16.0 Å². The lowest BCUT2D eigenvalue weighted by Crippen LogP contribution is -2.29. The molecule has 0 aliphatic heterocycles. The first kappa shape index (κ1) is 15.6. The maximum absolute atomic E-state index is 12.0. The Morgan fingerprint density at radius 1 is 1.26 bits per heavy atom. The number of carboxylic acids is 1. The van der Waals surface area contributed by atoms with E-state index >= 15 is 0 Å². The van der Waals surface area contributed by atoms with Crippen molar-refractivity contribution in [1.82, 2.24) is 4.31 Å². The molecule has 1 aromatic carbocycles. The lowest BCUT2D eigenvalue weighted by atomic mass is 10.1. The number of carboxylic acid groups (broad SMARTS) is 1. The van der Waals surface area contributed by atoms with Crippen LogP contribution in [0.1, 0.15) is 12.0 Å². The smallest absolute Gasteiger partial charge is 0.303 e. The van der Waals surface area contributed by atoms with Gasteiger partial charge in [0, 0.05) is 20.0 Å². The first-order chi connectivity index (χ1) is 8.87. The van der Waals surface area contributed by atoms with Gasteiger partial charge in [-0.2, -0.15) is 4.31 Å². The highest BCUT2D eigenvalue weighted by molar-refractivity contribution is 7.89. The van der Waals surface area contributed by atoms with E-state index in [4.69, 9.17) is 10.2 Å². The Morgan fingerprint density at radius 2 is 1.84 bits per heavy atom. The number of aliphatic carboxylic acids is 1. The number of hydrogen-bond acceptors (Lipinski definition) is 4. The van der Waals surface area contributed by atoms with Gasteiger partial charge in [0.25, 0.3) is 0 Å². The molecule has 106 valence electrons. The Kier molecular flexibility index (Phi) is 5.46. The minimum Gasteiger partial charge on any atom is -0.481 e. The lowest BCUT2D eigenvalue weighted by Gasteiger charge is -2.15. The van der Waals surface area contributed by atoms with Gasteiger partial charge in [-0.05, 0) is 24.1 Å². The molecule has 0 saturated carbocycles. The van der Waals surface area contributed by atoms with E-state index in [2.05, 4.69) is 0 Å². The average molecular weight is 287 g/mol. The summed E-state index contributed by atoms with van der Waals surface area (Å²) < 4.78 is 25.1. The van der Waals surface area contributed by atoms with Crippen molar-refractivity contribution in [3.05, 3.63) is 29.8 Å². The highest BCUT2D eigenvalue weighted by Gasteiger charge is 2.19. The van der Waals surface area contributed by atoms with Gasteiger partial charge in [-0.3, -0.25) is 4.79 Å². The number of aliphatic hydroxyl groups is 1. The van der Waals surface area contributed by atoms with Gasteiger partial charge in [0.2, 0.25) is 10.0 Å². The lowest BCUT2D eigenvalue weighted by molar-refractivity contribution is -0.136. The fourth-order valence-electron chi connectivity index (χ4n) is 1.52. The summed E-state index contributed by atoms with van der Waals surface area (Å²) in [5.74, 6) is -0.889. The van der Waals surface area contributed by atoms with Crippen LogP contribution in [0.5, 0.6) is 0 Å². The summed E-state index contributed by atoms with van der Waals surface area (Å²) in [7, 11) is -2.20. The summed E-state index contributed by atoms with van der Waals surface area (Å²) >= 11 is 0. The Bertz CT molecular complexity index is 524. The van der Waals surface area contributed by atoms with Crippen LogP contribution in [0.25, 0.3) is 0 Å². The predicted molar refractivity (Wildman–Crippen MR) is 69.3 cm³/mol. The summed E-state index contributed by atoms with van der Waals surface area (Å²) in [6.07, 6.45) is 0.374. The Hall–Kier alpha value is -1.44. The molecule has 0 fully saturated rings. The van der Waals surface area contributed by atoms with Gasteiger partial charge in [0.1, 0.15) is 0 Å². The molecule has 0 bridgehead atoms. The molecule has 0 aliphatic carbocycles. The number of aryl methyl sites for hydroxylation is 1. The molecular weight excluding hydrogens is 270 g/mol. The predicted octanol–water partition coefficient (Wildman–Crippen LogP) is 0.317. The number of benzene rings is 1. The van der Waals surface area contributed by atoms with Crippen molar-refractivity contribution in [2.75, 3.05) is 20.2 Å². The van der Waals surface area contributed by atoms with Crippen molar-refractivity contribution in [1.29, 1.82) is 0 Å². The van der Waals surface area contributed by atoms with Crippen LogP contribution in [0, 0.1) is 0 Å². The molecule has 0 unspecified atom stereocenters. The number of carbonyl (C=O) groups is 1. The van der Waals surface area contributed by atoms with E-state index in [1.165, 1.54) is 19.2 Å². The van der Waals surface area contributed by atoms with Crippen molar-refractivity contribution in [2.45, 2.75) is 17.7 Å². The molecule has 1 rings (SSSR count). The van der Waals surface area contributed by atoms with Gasteiger partial charge in [-0.25, -0.2) is 8.42 Å². The normalized spacial score (nSPS) is 11.7. The second kappa shape index (κ2) is 6.65. The third-order valence-electron chi connectivity index (χ3n) is 2.67. The minimum atomic E-state index is -3.59. The van der Waals surface area contributed by atoms with Crippen molar-refractivity contribution in [3.8, 4) is 0 Å². The number of rotatable bonds is 7. The molecule has 6 nitrogen and oxygen atoms in total. The Balaban J connectivity index is 2.83. The highest BCUT2D eigenvalue weighted by atomic mass is 32.2. The monoisotopic (exact) mass is 287 g/mol. The molecule has 1 aromatic rings.